The number of fused-ring (bicyclic) bond motifs is 2. The number of benzene rings is 1. The quantitative estimate of drug-likeness (QED) is 0.350. The highest BCUT2D eigenvalue weighted by Crippen LogP contribution is 2.44. The predicted molar refractivity (Wildman–Crippen MR) is 140 cm³/mol. The van der Waals surface area contributed by atoms with Gasteiger partial charge >= 0.3 is 0 Å². The summed E-state index contributed by atoms with van der Waals surface area (Å²) in [5.74, 6) is 1.08. The summed E-state index contributed by atoms with van der Waals surface area (Å²) in [5, 5.41) is 4.27. The minimum absolute atomic E-state index is 0.175. The molecule has 1 aliphatic carbocycles. The number of carbonyl (C=O) groups is 2. The molecule has 0 aliphatic heterocycles. The Balaban J connectivity index is 1.55. The number of thiophene rings is 1. The van der Waals surface area contributed by atoms with Gasteiger partial charge < -0.3 is 15.5 Å². The topological polar surface area (TPSA) is 98.2 Å². The molecule has 3 aromatic heterocycles. The third-order valence-electron chi connectivity index (χ3n) is 6.92. The van der Waals surface area contributed by atoms with Gasteiger partial charge in [0, 0.05) is 10.3 Å². The maximum absolute atomic E-state index is 13.6. The van der Waals surface area contributed by atoms with E-state index in [1.807, 2.05) is 43.3 Å². The standard InChI is InChI=1S/C28H29N3O3S/c1-15-9-12-22(34-15)21-14-19(17-7-5-6-8-20(17)30-21)26(33)31-27-24(25(29)32)18-11-10-16(28(2,3)4)13-23(18)35-27/h5-9,12,14,16H,10-11,13H2,1-4H3,(H2,29,32)(H,31,33)/t16-/m0/s1. The van der Waals surface area contributed by atoms with Crippen LogP contribution in [0, 0.1) is 18.3 Å². The minimum atomic E-state index is -0.502. The summed E-state index contributed by atoms with van der Waals surface area (Å²) < 4.78 is 5.76. The van der Waals surface area contributed by atoms with E-state index in [0.29, 0.717) is 39.0 Å². The highest BCUT2D eigenvalue weighted by molar-refractivity contribution is 7.17. The zero-order valence-electron chi connectivity index (χ0n) is 20.4. The van der Waals surface area contributed by atoms with Crippen LogP contribution < -0.4 is 11.1 Å². The molecule has 6 nitrogen and oxygen atoms in total. The van der Waals surface area contributed by atoms with E-state index >= 15 is 0 Å². The average molecular weight is 488 g/mol. The molecule has 0 spiro atoms. The molecule has 180 valence electrons. The van der Waals surface area contributed by atoms with Gasteiger partial charge in [-0.1, -0.05) is 39.0 Å². The molecular formula is C28H29N3O3S. The number of aromatic nitrogens is 1. The molecule has 5 rings (SSSR count). The Bertz CT molecular complexity index is 1460. The van der Waals surface area contributed by atoms with Gasteiger partial charge in [0.05, 0.1) is 16.6 Å². The summed E-state index contributed by atoms with van der Waals surface area (Å²) >= 11 is 1.48. The van der Waals surface area contributed by atoms with Crippen molar-refractivity contribution in [1.29, 1.82) is 0 Å². The lowest BCUT2D eigenvalue weighted by Crippen LogP contribution is -2.27. The van der Waals surface area contributed by atoms with Gasteiger partial charge in [-0.05, 0) is 67.3 Å². The summed E-state index contributed by atoms with van der Waals surface area (Å²) in [6.07, 6.45) is 2.68. The van der Waals surface area contributed by atoms with Crippen LogP contribution in [0.2, 0.25) is 0 Å². The van der Waals surface area contributed by atoms with Crippen LogP contribution in [0.3, 0.4) is 0 Å². The summed E-state index contributed by atoms with van der Waals surface area (Å²) in [7, 11) is 0. The Hall–Kier alpha value is -3.45. The number of amides is 2. The second-order valence-electron chi connectivity index (χ2n) is 10.3. The van der Waals surface area contributed by atoms with Crippen molar-refractivity contribution in [3.8, 4) is 11.5 Å². The first-order chi connectivity index (χ1) is 16.6. The molecule has 0 fully saturated rings. The zero-order valence-corrected chi connectivity index (χ0v) is 21.2. The number of aryl methyl sites for hydroxylation is 1. The first-order valence-electron chi connectivity index (χ1n) is 11.8. The second kappa shape index (κ2) is 8.64. The molecule has 1 aromatic carbocycles. The van der Waals surface area contributed by atoms with E-state index in [1.165, 1.54) is 11.3 Å². The van der Waals surface area contributed by atoms with Gasteiger partial charge in [-0.3, -0.25) is 9.59 Å². The molecule has 35 heavy (non-hydrogen) atoms. The first-order valence-corrected chi connectivity index (χ1v) is 12.7. The van der Waals surface area contributed by atoms with Crippen LogP contribution in [0.4, 0.5) is 5.00 Å². The van der Waals surface area contributed by atoms with Crippen molar-refractivity contribution in [3.63, 3.8) is 0 Å². The number of nitrogens with two attached hydrogens (primary N) is 1. The van der Waals surface area contributed by atoms with Gasteiger partial charge in [-0.15, -0.1) is 11.3 Å². The van der Waals surface area contributed by atoms with Crippen molar-refractivity contribution < 1.29 is 14.0 Å². The number of hydrogen-bond acceptors (Lipinski definition) is 5. The lowest BCUT2D eigenvalue weighted by molar-refractivity contribution is 0.1000. The van der Waals surface area contributed by atoms with Crippen molar-refractivity contribution in [1.82, 2.24) is 4.98 Å². The van der Waals surface area contributed by atoms with Crippen LogP contribution in [0.25, 0.3) is 22.4 Å². The highest BCUT2D eigenvalue weighted by Gasteiger charge is 2.33. The number of furan rings is 1. The van der Waals surface area contributed by atoms with E-state index in [-0.39, 0.29) is 11.3 Å². The van der Waals surface area contributed by atoms with Gasteiger partial charge in [0.25, 0.3) is 11.8 Å². The Morgan fingerprint density at radius 3 is 2.63 bits per heavy atom. The van der Waals surface area contributed by atoms with Gasteiger partial charge in [0.15, 0.2) is 5.76 Å². The molecular weight excluding hydrogens is 458 g/mol. The number of para-hydroxylation sites is 1. The zero-order chi connectivity index (χ0) is 24.9. The van der Waals surface area contributed by atoms with E-state index in [9.17, 15) is 9.59 Å². The second-order valence-corrected chi connectivity index (χ2v) is 11.4. The number of rotatable bonds is 4. The van der Waals surface area contributed by atoms with E-state index in [1.54, 1.807) is 6.07 Å². The molecule has 0 saturated carbocycles. The van der Waals surface area contributed by atoms with E-state index in [2.05, 4.69) is 26.1 Å². The molecule has 0 radical (unpaired) electrons. The Morgan fingerprint density at radius 2 is 1.94 bits per heavy atom. The molecule has 1 aliphatic rings. The van der Waals surface area contributed by atoms with Crippen LogP contribution in [-0.4, -0.2) is 16.8 Å². The number of anilines is 1. The molecule has 3 N–H and O–H groups in total. The van der Waals surface area contributed by atoms with Gasteiger partial charge in [0.2, 0.25) is 0 Å². The van der Waals surface area contributed by atoms with Crippen LogP contribution in [-0.2, 0) is 12.8 Å². The van der Waals surface area contributed by atoms with Gasteiger partial charge in [-0.2, -0.15) is 0 Å². The molecule has 0 bridgehead atoms. The highest BCUT2D eigenvalue weighted by atomic mass is 32.1. The van der Waals surface area contributed by atoms with Crippen LogP contribution in [0.1, 0.15) is 64.1 Å². The normalized spacial score (nSPS) is 15.7. The van der Waals surface area contributed by atoms with Crippen LogP contribution in [0.5, 0.6) is 0 Å². The van der Waals surface area contributed by atoms with Crippen molar-refractivity contribution >= 4 is 39.1 Å². The number of carbonyl (C=O) groups excluding carboxylic acids is 2. The fourth-order valence-electron chi connectivity index (χ4n) is 4.91. The molecule has 0 saturated heterocycles. The summed E-state index contributed by atoms with van der Waals surface area (Å²) in [6, 6.07) is 13.0. The van der Waals surface area contributed by atoms with Gasteiger partial charge in [-0.25, -0.2) is 4.98 Å². The van der Waals surface area contributed by atoms with E-state index in [0.717, 1.165) is 40.8 Å². The number of primary amides is 1. The number of pyridine rings is 1. The molecule has 0 unspecified atom stereocenters. The Morgan fingerprint density at radius 1 is 1.17 bits per heavy atom. The molecule has 4 aromatic rings. The maximum atomic E-state index is 13.6. The summed E-state index contributed by atoms with van der Waals surface area (Å²) in [4.78, 5) is 31.9. The number of hydrogen-bond donors (Lipinski definition) is 2. The van der Waals surface area contributed by atoms with Crippen molar-refractivity contribution in [2.75, 3.05) is 5.32 Å². The third kappa shape index (κ3) is 4.36. The lowest BCUT2D eigenvalue weighted by atomic mass is 9.72. The van der Waals surface area contributed by atoms with Crippen LogP contribution in [0.15, 0.2) is 46.9 Å². The average Bonchev–Trinajstić information content (AvgIpc) is 3.40. The monoisotopic (exact) mass is 487 g/mol. The third-order valence-corrected chi connectivity index (χ3v) is 8.09. The number of nitrogens with zero attached hydrogens (tertiary/aromatic N) is 1. The number of nitrogens with one attached hydrogen (secondary N) is 1. The SMILES string of the molecule is Cc1ccc(-c2cc(C(=O)Nc3sc4c(c3C(N)=O)CC[C@H](C(C)(C)C)C4)c3ccccc3n2)o1. The van der Waals surface area contributed by atoms with E-state index in [4.69, 9.17) is 15.1 Å². The van der Waals surface area contributed by atoms with E-state index < -0.39 is 5.91 Å². The first kappa shape index (κ1) is 23.3. The lowest BCUT2D eigenvalue weighted by Gasteiger charge is -2.33. The molecule has 2 amide bonds. The van der Waals surface area contributed by atoms with Gasteiger partial charge in [0.1, 0.15) is 16.5 Å². The van der Waals surface area contributed by atoms with Crippen molar-refractivity contribution in [2.45, 2.75) is 47.0 Å². The van der Waals surface area contributed by atoms with Crippen molar-refractivity contribution in [2.24, 2.45) is 17.1 Å². The fraction of sp³-hybridized carbons (Fsp3) is 0.321. The Kier molecular flexibility index (Phi) is 5.75. The molecule has 3 heterocycles. The fourth-order valence-corrected chi connectivity index (χ4v) is 6.23. The minimum Gasteiger partial charge on any atom is -0.460 e. The largest absolute Gasteiger partial charge is 0.460 e. The van der Waals surface area contributed by atoms with Crippen LogP contribution >= 0.6 is 11.3 Å². The summed E-state index contributed by atoms with van der Waals surface area (Å²) in [6.45, 7) is 8.62. The summed E-state index contributed by atoms with van der Waals surface area (Å²) in [5.41, 5.74) is 9.16. The smallest absolute Gasteiger partial charge is 0.257 e. The molecule has 1 atom stereocenters. The molecule has 7 heteroatoms. The maximum Gasteiger partial charge on any atom is 0.257 e. The predicted octanol–water partition coefficient (Wildman–Crippen LogP) is 6.37. The Labute approximate surface area is 208 Å². The van der Waals surface area contributed by atoms with Crippen molar-refractivity contribution in [3.05, 3.63) is 69.8 Å².